The average molecular weight is 202 g/mol. The van der Waals surface area contributed by atoms with Gasteiger partial charge in [0, 0.05) is 0 Å². The SMILES string of the molecule is CC(CCS)c1cccc(F)c1F. The number of thiol groups is 1. The molecule has 0 nitrogen and oxygen atoms in total. The number of hydrogen-bond donors (Lipinski definition) is 1. The predicted octanol–water partition coefficient (Wildman–Crippen LogP) is 3.39. The van der Waals surface area contributed by atoms with Gasteiger partial charge in [0.25, 0.3) is 0 Å². The predicted molar refractivity (Wildman–Crippen MR) is 53.2 cm³/mol. The second kappa shape index (κ2) is 4.61. The van der Waals surface area contributed by atoms with Crippen LogP contribution in [0.1, 0.15) is 24.8 Å². The molecule has 0 N–H and O–H groups in total. The zero-order valence-corrected chi connectivity index (χ0v) is 8.32. The fourth-order valence-electron chi connectivity index (χ4n) is 1.25. The lowest BCUT2D eigenvalue weighted by Crippen LogP contribution is -2.00. The lowest BCUT2D eigenvalue weighted by molar-refractivity contribution is 0.489. The van der Waals surface area contributed by atoms with Crippen molar-refractivity contribution < 1.29 is 8.78 Å². The van der Waals surface area contributed by atoms with E-state index in [2.05, 4.69) is 12.6 Å². The molecular weight excluding hydrogens is 190 g/mol. The summed E-state index contributed by atoms with van der Waals surface area (Å²) in [5.74, 6) is -0.801. The molecule has 0 saturated heterocycles. The molecule has 0 spiro atoms. The quantitative estimate of drug-likeness (QED) is 0.714. The second-order valence-electron chi connectivity index (χ2n) is 3.06. The van der Waals surface area contributed by atoms with Gasteiger partial charge in [-0.15, -0.1) is 0 Å². The Hall–Kier alpha value is -0.570. The summed E-state index contributed by atoms with van der Waals surface area (Å²) in [7, 11) is 0. The Bertz CT molecular complexity index is 286. The second-order valence-corrected chi connectivity index (χ2v) is 3.50. The number of hydrogen-bond acceptors (Lipinski definition) is 1. The Labute approximate surface area is 82.4 Å². The minimum absolute atomic E-state index is 0.0215. The Morgan fingerprint density at radius 1 is 1.38 bits per heavy atom. The molecule has 1 unspecified atom stereocenters. The molecule has 13 heavy (non-hydrogen) atoms. The van der Waals surface area contributed by atoms with E-state index in [1.54, 1.807) is 6.07 Å². The molecule has 72 valence electrons. The minimum Gasteiger partial charge on any atom is -0.204 e. The van der Waals surface area contributed by atoms with E-state index in [4.69, 9.17) is 0 Å². The van der Waals surface area contributed by atoms with Gasteiger partial charge in [-0.25, -0.2) is 8.78 Å². The van der Waals surface area contributed by atoms with Gasteiger partial charge < -0.3 is 0 Å². The van der Waals surface area contributed by atoms with E-state index in [1.807, 2.05) is 6.92 Å². The van der Waals surface area contributed by atoms with Crippen LogP contribution in [0.25, 0.3) is 0 Å². The zero-order valence-electron chi connectivity index (χ0n) is 7.43. The molecular formula is C10H12F2S. The molecule has 3 heteroatoms. The van der Waals surface area contributed by atoms with Gasteiger partial charge in [-0.2, -0.15) is 12.6 Å². The van der Waals surface area contributed by atoms with Crippen molar-refractivity contribution >= 4 is 12.6 Å². The standard InChI is InChI=1S/C10H12F2S/c1-7(5-6-13)8-3-2-4-9(11)10(8)12/h2-4,7,13H,5-6H2,1H3. The molecule has 0 aliphatic heterocycles. The summed E-state index contributed by atoms with van der Waals surface area (Å²) in [6.45, 7) is 1.87. The molecule has 1 rings (SSSR count). The Balaban J connectivity index is 2.93. The summed E-state index contributed by atoms with van der Waals surface area (Å²) in [6.07, 6.45) is 0.753. The molecule has 0 aromatic heterocycles. The number of rotatable bonds is 3. The fourth-order valence-corrected chi connectivity index (χ4v) is 1.64. The van der Waals surface area contributed by atoms with Crippen LogP contribution in [0, 0.1) is 11.6 Å². The van der Waals surface area contributed by atoms with Crippen LogP contribution < -0.4 is 0 Å². The highest BCUT2D eigenvalue weighted by Crippen LogP contribution is 2.23. The van der Waals surface area contributed by atoms with E-state index in [0.29, 0.717) is 11.3 Å². The van der Waals surface area contributed by atoms with Crippen LogP contribution in [-0.2, 0) is 0 Å². The maximum absolute atomic E-state index is 13.2. The molecule has 0 heterocycles. The van der Waals surface area contributed by atoms with Crippen LogP contribution in [0.4, 0.5) is 8.78 Å². The van der Waals surface area contributed by atoms with E-state index >= 15 is 0 Å². The van der Waals surface area contributed by atoms with E-state index in [9.17, 15) is 8.78 Å². The summed E-state index contributed by atoms with van der Waals surface area (Å²) >= 11 is 4.05. The summed E-state index contributed by atoms with van der Waals surface area (Å²) in [5, 5.41) is 0. The van der Waals surface area contributed by atoms with Crippen molar-refractivity contribution in [1.82, 2.24) is 0 Å². The van der Waals surface area contributed by atoms with Crippen molar-refractivity contribution in [3.05, 3.63) is 35.4 Å². The molecule has 0 fully saturated rings. The Morgan fingerprint density at radius 3 is 2.69 bits per heavy atom. The van der Waals surface area contributed by atoms with Crippen LogP contribution in [0.3, 0.4) is 0 Å². The maximum Gasteiger partial charge on any atom is 0.162 e. The van der Waals surface area contributed by atoms with Crippen molar-refractivity contribution in [2.24, 2.45) is 0 Å². The topological polar surface area (TPSA) is 0 Å². The third-order valence-electron chi connectivity index (χ3n) is 2.07. The highest BCUT2D eigenvalue weighted by atomic mass is 32.1. The molecule has 0 amide bonds. The molecule has 0 radical (unpaired) electrons. The first-order valence-electron chi connectivity index (χ1n) is 4.21. The van der Waals surface area contributed by atoms with Crippen LogP contribution >= 0.6 is 12.6 Å². The van der Waals surface area contributed by atoms with E-state index in [0.717, 1.165) is 12.5 Å². The van der Waals surface area contributed by atoms with Crippen LogP contribution in [-0.4, -0.2) is 5.75 Å². The lowest BCUT2D eigenvalue weighted by Gasteiger charge is -2.11. The number of benzene rings is 1. The molecule has 0 aliphatic rings. The molecule has 0 aliphatic carbocycles. The van der Waals surface area contributed by atoms with E-state index < -0.39 is 11.6 Å². The smallest absolute Gasteiger partial charge is 0.162 e. The van der Waals surface area contributed by atoms with Gasteiger partial charge in [0.05, 0.1) is 0 Å². The molecule has 0 bridgehead atoms. The van der Waals surface area contributed by atoms with Crippen LogP contribution in [0.5, 0.6) is 0 Å². The summed E-state index contributed by atoms with van der Waals surface area (Å²) in [5.41, 5.74) is 0.439. The minimum atomic E-state index is -0.775. The maximum atomic E-state index is 13.2. The highest BCUT2D eigenvalue weighted by molar-refractivity contribution is 7.80. The van der Waals surface area contributed by atoms with Crippen molar-refractivity contribution in [3.63, 3.8) is 0 Å². The van der Waals surface area contributed by atoms with Gasteiger partial charge in [0.1, 0.15) is 0 Å². The molecule has 0 saturated carbocycles. The molecule has 1 aromatic rings. The van der Waals surface area contributed by atoms with E-state index in [1.165, 1.54) is 6.07 Å². The summed E-state index contributed by atoms with van der Waals surface area (Å²) < 4.78 is 26.0. The summed E-state index contributed by atoms with van der Waals surface area (Å²) in [6, 6.07) is 4.28. The Morgan fingerprint density at radius 2 is 2.08 bits per heavy atom. The first kappa shape index (κ1) is 10.5. The van der Waals surface area contributed by atoms with Gasteiger partial charge in [-0.05, 0) is 29.7 Å². The monoisotopic (exact) mass is 202 g/mol. The largest absolute Gasteiger partial charge is 0.204 e. The average Bonchev–Trinajstić information content (AvgIpc) is 2.10. The van der Waals surface area contributed by atoms with Gasteiger partial charge in [-0.1, -0.05) is 19.1 Å². The van der Waals surface area contributed by atoms with Gasteiger partial charge in [0.15, 0.2) is 11.6 Å². The third kappa shape index (κ3) is 2.44. The Kier molecular flexibility index (Phi) is 3.72. The molecule has 1 aromatic carbocycles. The zero-order chi connectivity index (χ0) is 9.84. The first-order valence-corrected chi connectivity index (χ1v) is 4.84. The number of halogens is 2. The molecule has 1 atom stereocenters. The summed E-state index contributed by atoms with van der Waals surface area (Å²) in [4.78, 5) is 0. The van der Waals surface area contributed by atoms with Crippen molar-refractivity contribution in [3.8, 4) is 0 Å². The van der Waals surface area contributed by atoms with E-state index in [-0.39, 0.29) is 5.92 Å². The van der Waals surface area contributed by atoms with Crippen LogP contribution in [0.2, 0.25) is 0 Å². The van der Waals surface area contributed by atoms with Gasteiger partial charge in [-0.3, -0.25) is 0 Å². The van der Waals surface area contributed by atoms with Gasteiger partial charge in [0.2, 0.25) is 0 Å². The van der Waals surface area contributed by atoms with Crippen molar-refractivity contribution in [1.29, 1.82) is 0 Å². The fraction of sp³-hybridized carbons (Fsp3) is 0.400. The third-order valence-corrected chi connectivity index (χ3v) is 2.33. The van der Waals surface area contributed by atoms with Gasteiger partial charge >= 0.3 is 0 Å². The van der Waals surface area contributed by atoms with Crippen LogP contribution in [0.15, 0.2) is 18.2 Å². The van der Waals surface area contributed by atoms with Crippen molar-refractivity contribution in [2.75, 3.05) is 5.75 Å². The van der Waals surface area contributed by atoms with Crippen molar-refractivity contribution in [2.45, 2.75) is 19.3 Å². The first-order chi connectivity index (χ1) is 6.16. The highest BCUT2D eigenvalue weighted by Gasteiger charge is 2.12. The lowest BCUT2D eigenvalue weighted by atomic mass is 9.98. The normalized spacial score (nSPS) is 12.9.